The van der Waals surface area contributed by atoms with Crippen molar-refractivity contribution in [2.24, 2.45) is 0 Å². The lowest BCUT2D eigenvalue weighted by atomic mass is 9.82. The van der Waals surface area contributed by atoms with E-state index in [9.17, 15) is 14.7 Å². The number of rotatable bonds is 7. The molecule has 6 nitrogen and oxygen atoms in total. The second-order valence-electron chi connectivity index (χ2n) is 9.47. The normalized spacial score (nSPS) is 19.5. The van der Waals surface area contributed by atoms with Crippen LogP contribution in [0, 0.1) is 0 Å². The number of benzene rings is 3. The summed E-state index contributed by atoms with van der Waals surface area (Å²) >= 11 is 0. The molecule has 0 bridgehead atoms. The molecule has 3 aromatic carbocycles. The zero-order chi connectivity index (χ0) is 24.3. The third-order valence-electron chi connectivity index (χ3n) is 7.24. The fraction of sp³-hybridized carbons (Fsp3) is 0.310. The molecule has 6 heteroatoms. The number of urea groups is 1. The van der Waals surface area contributed by atoms with Crippen molar-refractivity contribution in [3.05, 3.63) is 108 Å². The number of carbonyl (C=O) groups excluding carboxylic acids is 2. The number of aliphatic hydroxyl groups is 1. The Bertz CT molecular complexity index is 1110. The number of nitrogens with zero attached hydrogens (tertiary/aromatic N) is 2. The molecule has 2 aliphatic heterocycles. The molecule has 3 amide bonds. The van der Waals surface area contributed by atoms with Gasteiger partial charge in [0.15, 0.2) is 5.54 Å². The standard InChI is InChI=1S/C29H31N3O3/c33-26(20-31-18-16-23(17-19-31)22-10-4-1-5-11-22)21-32-27(34)29(30-28(32)35,24-12-6-2-7-13-24)25-14-8-3-9-15-25/h1-15,23,26,33H,16-21H2,(H,30,35). The SMILES string of the molecule is O=C1NC(c2ccccc2)(c2ccccc2)C(=O)N1CC(O)CN1CCC(c2ccccc2)CC1. The van der Waals surface area contributed by atoms with Crippen LogP contribution < -0.4 is 5.32 Å². The van der Waals surface area contributed by atoms with E-state index >= 15 is 0 Å². The molecular weight excluding hydrogens is 438 g/mol. The van der Waals surface area contributed by atoms with Crippen molar-refractivity contribution in [2.45, 2.75) is 30.4 Å². The van der Waals surface area contributed by atoms with E-state index in [-0.39, 0.29) is 12.5 Å². The lowest BCUT2D eigenvalue weighted by Gasteiger charge is -2.34. The maximum atomic E-state index is 13.8. The van der Waals surface area contributed by atoms with E-state index in [0.29, 0.717) is 23.6 Å². The summed E-state index contributed by atoms with van der Waals surface area (Å²) in [5.41, 5.74) is 1.46. The Balaban J connectivity index is 1.27. The number of nitrogens with one attached hydrogen (secondary N) is 1. The van der Waals surface area contributed by atoms with E-state index in [2.05, 4.69) is 34.5 Å². The summed E-state index contributed by atoms with van der Waals surface area (Å²) in [6, 6.07) is 28.7. The molecule has 3 aromatic rings. The van der Waals surface area contributed by atoms with Crippen molar-refractivity contribution in [3.8, 4) is 0 Å². The maximum absolute atomic E-state index is 13.8. The summed E-state index contributed by atoms with van der Waals surface area (Å²) in [5.74, 6) is 0.176. The largest absolute Gasteiger partial charge is 0.390 e. The molecule has 0 aliphatic carbocycles. The Morgan fingerprint density at radius 2 is 1.31 bits per heavy atom. The summed E-state index contributed by atoms with van der Waals surface area (Å²) in [6.07, 6.45) is 1.25. The third-order valence-corrected chi connectivity index (χ3v) is 7.24. The lowest BCUT2D eigenvalue weighted by molar-refractivity contribution is -0.131. The van der Waals surface area contributed by atoms with Crippen LogP contribution in [0.3, 0.4) is 0 Å². The minimum atomic E-state index is -1.30. The first-order chi connectivity index (χ1) is 17.1. The van der Waals surface area contributed by atoms with E-state index in [1.807, 2.05) is 66.7 Å². The number of hydrogen-bond acceptors (Lipinski definition) is 4. The van der Waals surface area contributed by atoms with Crippen molar-refractivity contribution in [1.29, 1.82) is 0 Å². The molecule has 2 fully saturated rings. The zero-order valence-electron chi connectivity index (χ0n) is 19.7. The van der Waals surface area contributed by atoms with Crippen LogP contribution in [0.15, 0.2) is 91.0 Å². The van der Waals surface area contributed by atoms with E-state index in [0.717, 1.165) is 25.9 Å². The predicted molar refractivity (Wildman–Crippen MR) is 135 cm³/mol. The van der Waals surface area contributed by atoms with Gasteiger partial charge in [0.2, 0.25) is 0 Å². The molecule has 0 saturated carbocycles. The predicted octanol–water partition coefficient (Wildman–Crippen LogP) is 3.72. The summed E-state index contributed by atoms with van der Waals surface area (Å²) in [7, 11) is 0. The van der Waals surface area contributed by atoms with Crippen molar-refractivity contribution in [2.75, 3.05) is 26.2 Å². The monoisotopic (exact) mass is 469 g/mol. The molecule has 0 spiro atoms. The quantitative estimate of drug-likeness (QED) is 0.518. The Kier molecular flexibility index (Phi) is 6.66. The van der Waals surface area contributed by atoms with Gasteiger partial charge in [-0.05, 0) is 48.5 Å². The van der Waals surface area contributed by atoms with E-state index in [1.54, 1.807) is 0 Å². The first-order valence-electron chi connectivity index (χ1n) is 12.3. The van der Waals surface area contributed by atoms with E-state index in [4.69, 9.17) is 0 Å². The van der Waals surface area contributed by atoms with Crippen LogP contribution in [0.25, 0.3) is 0 Å². The summed E-state index contributed by atoms with van der Waals surface area (Å²) in [6.45, 7) is 2.16. The van der Waals surface area contributed by atoms with Gasteiger partial charge in [-0.25, -0.2) is 4.79 Å². The molecule has 1 atom stereocenters. The highest BCUT2D eigenvalue weighted by Gasteiger charge is 2.53. The van der Waals surface area contributed by atoms with Crippen LogP contribution >= 0.6 is 0 Å². The summed E-state index contributed by atoms with van der Waals surface area (Å²) in [5, 5.41) is 13.8. The minimum Gasteiger partial charge on any atom is -0.390 e. The third kappa shape index (κ3) is 4.59. The van der Waals surface area contributed by atoms with Crippen molar-refractivity contribution >= 4 is 11.9 Å². The second kappa shape index (κ2) is 10.0. The van der Waals surface area contributed by atoms with Gasteiger partial charge in [0.1, 0.15) is 0 Å². The topological polar surface area (TPSA) is 72.9 Å². The number of likely N-dealkylation sites (tertiary alicyclic amines) is 1. The Morgan fingerprint density at radius 3 is 1.86 bits per heavy atom. The molecule has 1 unspecified atom stereocenters. The van der Waals surface area contributed by atoms with Crippen molar-refractivity contribution in [3.63, 3.8) is 0 Å². The lowest BCUT2D eigenvalue weighted by Crippen LogP contribution is -2.47. The molecule has 2 saturated heterocycles. The highest BCUT2D eigenvalue weighted by Crippen LogP contribution is 2.36. The fourth-order valence-electron chi connectivity index (χ4n) is 5.42. The number of hydrogen-bond donors (Lipinski definition) is 2. The van der Waals surface area contributed by atoms with Crippen molar-refractivity contribution in [1.82, 2.24) is 15.1 Å². The Hall–Kier alpha value is -3.48. The first-order valence-corrected chi connectivity index (χ1v) is 12.3. The number of piperidine rings is 1. The van der Waals surface area contributed by atoms with Gasteiger partial charge in [0, 0.05) is 6.54 Å². The average Bonchev–Trinajstić information content (AvgIpc) is 3.16. The van der Waals surface area contributed by atoms with Gasteiger partial charge in [0.25, 0.3) is 5.91 Å². The fourth-order valence-corrected chi connectivity index (χ4v) is 5.42. The maximum Gasteiger partial charge on any atom is 0.325 e. The van der Waals surface area contributed by atoms with Crippen LogP contribution in [-0.2, 0) is 10.3 Å². The van der Waals surface area contributed by atoms with Crippen LogP contribution in [-0.4, -0.2) is 59.1 Å². The smallest absolute Gasteiger partial charge is 0.325 e. The minimum absolute atomic E-state index is 0.0370. The van der Waals surface area contributed by atoms with E-state index < -0.39 is 17.7 Å². The summed E-state index contributed by atoms with van der Waals surface area (Å²) in [4.78, 5) is 30.2. The van der Waals surface area contributed by atoms with Gasteiger partial charge < -0.3 is 15.3 Å². The molecule has 2 N–H and O–H groups in total. The number of β-amino-alcohol motifs (C(OH)–C–C–N with tert-alkyl or cyclic N) is 1. The Morgan fingerprint density at radius 1 is 0.800 bits per heavy atom. The van der Waals surface area contributed by atoms with Gasteiger partial charge in [-0.15, -0.1) is 0 Å². The van der Waals surface area contributed by atoms with Crippen LogP contribution in [0.4, 0.5) is 4.79 Å². The van der Waals surface area contributed by atoms with Gasteiger partial charge in [-0.1, -0.05) is 91.0 Å². The molecule has 180 valence electrons. The van der Waals surface area contributed by atoms with Gasteiger partial charge in [-0.3, -0.25) is 9.69 Å². The molecule has 5 rings (SSSR count). The molecule has 2 heterocycles. The van der Waals surface area contributed by atoms with Gasteiger partial charge in [-0.2, -0.15) is 0 Å². The van der Waals surface area contributed by atoms with Crippen molar-refractivity contribution < 1.29 is 14.7 Å². The number of aliphatic hydroxyl groups excluding tert-OH is 1. The average molecular weight is 470 g/mol. The number of imide groups is 1. The number of carbonyl (C=O) groups is 2. The molecule has 0 aromatic heterocycles. The van der Waals surface area contributed by atoms with Gasteiger partial charge >= 0.3 is 6.03 Å². The van der Waals surface area contributed by atoms with Crippen LogP contribution in [0.2, 0.25) is 0 Å². The second-order valence-corrected chi connectivity index (χ2v) is 9.47. The van der Waals surface area contributed by atoms with Gasteiger partial charge in [0.05, 0.1) is 12.6 Å². The first kappa shape index (κ1) is 23.3. The van der Waals surface area contributed by atoms with Crippen LogP contribution in [0.1, 0.15) is 35.4 Å². The highest BCUT2D eigenvalue weighted by molar-refractivity contribution is 6.09. The molecule has 2 aliphatic rings. The molecular formula is C29H31N3O3. The zero-order valence-corrected chi connectivity index (χ0v) is 19.7. The Labute approximate surface area is 206 Å². The number of amides is 3. The molecule has 35 heavy (non-hydrogen) atoms. The van der Waals surface area contributed by atoms with Crippen LogP contribution in [0.5, 0.6) is 0 Å². The van der Waals surface area contributed by atoms with E-state index in [1.165, 1.54) is 10.5 Å². The molecule has 0 radical (unpaired) electrons. The summed E-state index contributed by atoms with van der Waals surface area (Å²) < 4.78 is 0. The highest BCUT2D eigenvalue weighted by atomic mass is 16.3.